The normalized spacial score (nSPS) is 18.6. The second kappa shape index (κ2) is 5.29. The maximum Gasteiger partial charge on any atom is 0.252 e. The Morgan fingerprint density at radius 2 is 1.94 bits per heavy atom. The van der Waals surface area contributed by atoms with Crippen molar-refractivity contribution in [2.45, 2.75) is 25.0 Å². The molecule has 1 aliphatic rings. The van der Waals surface area contributed by atoms with E-state index in [4.69, 9.17) is 0 Å². The topological polar surface area (TPSA) is 61.4 Å². The van der Waals surface area contributed by atoms with Gasteiger partial charge in [-0.05, 0) is 31.5 Å². The third-order valence-corrected chi connectivity index (χ3v) is 3.15. The minimum atomic E-state index is -1.19. The number of carbonyl (C=O) groups excluding carboxylic acids is 1. The molecule has 0 spiro atoms. The van der Waals surface area contributed by atoms with E-state index >= 15 is 0 Å². The molecule has 1 aromatic rings. The second-order valence-electron chi connectivity index (χ2n) is 4.45. The van der Waals surface area contributed by atoms with Crippen LogP contribution in [0.1, 0.15) is 18.4 Å². The highest BCUT2D eigenvalue weighted by molar-refractivity contribution is 5.85. The number of carbonyl (C=O) groups is 1. The zero-order valence-corrected chi connectivity index (χ0v) is 9.78. The summed E-state index contributed by atoms with van der Waals surface area (Å²) in [4.78, 5) is 11.9. The SMILES string of the molecule is O=C(NCc1ccccc1)C1(O)CCNCC1. The van der Waals surface area contributed by atoms with Crippen molar-refractivity contribution in [1.29, 1.82) is 0 Å². The monoisotopic (exact) mass is 234 g/mol. The highest BCUT2D eigenvalue weighted by atomic mass is 16.3. The van der Waals surface area contributed by atoms with E-state index in [1.807, 2.05) is 30.3 Å². The Bertz CT molecular complexity index is 372. The van der Waals surface area contributed by atoms with E-state index in [2.05, 4.69) is 10.6 Å². The fourth-order valence-electron chi connectivity index (χ4n) is 2.01. The van der Waals surface area contributed by atoms with Gasteiger partial charge in [0.2, 0.25) is 0 Å². The summed E-state index contributed by atoms with van der Waals surface area (Å²) in [6.45, 7) is 1.85. The molecule has 1 amide bonds. The maximum atomic E-state index is 11.9. The minimum Gasteiger partial charge on any atom is -0.380 e. The zero-order chi connectivity index (χ0) is 12.1. The third kappa shape index (κ3) is 3.05. The summed E-state index contributed by atoms with van der Waals surface area (Å²) >= 11 is 0. The molecule has 17 heavy (non-hydrogen) atoms. The van der Waals surface area contributed by atoms with Gasteiger partial charge >= 0.3 is 0 Å². The molecule has 0 atom stereocenters. The van der Waals surface area contributed by atoms with Crippen LogP contribution in [0.2, 0.25) is 0 Å². The third-order valence-electron chi connectivity index (χ3n) is 3.15. The van der Waals surface area contributed by atoms with E-state index < -0.39 is 5.60 Å². The Balaban J connectivity index is 1.88. The molecule has 0 saturated carbocycles. The molecule has 1 aliphatic heterocycles. The Hall–Kier alpha value is -1.39. The molecule has 0 aliphatic carbocycles. The Morgan fingerprint density at radius 3 is 2.59 bits per heavy atom. The summed E-state index contributed by atoms with van der Waals surface area (Å²) in [5, 5.41) is 16.1. The molecule has 3 N–H and O–H groups in total. The lowest BCUT2D eigenvalue weighted by Crippen LogP contribution is -2.52. The first kappa shape index (κ1) is 12.1. The number of amides is 1. The number of piperidine rings is 1. The van der Waals surface area contributed by atoms with Crippen molar-refractivity contribution in [3.63, 3.8) is 0 Å². The first-order valence-electron chi connectivity index (χ1n) is 5.96. The molecule has 0 bridgehead atoms. The molecule has 1 saturated heterocycles. The van der Waals surface area contributed by atoms with Crippen LogP contribution < -0.4 is 10.6 Å². The van der Waals surface area contributed by atoms with Gasteiger partial charge < -0.3 is 15.7 Å². The Labute approximate surface area is 101 Å². The first-order chi connectivity index (χ1) is 8.21. The molecule has 92 valence electrons. The van der Waals surface area contributed by atoms with Gasteiger partial charge in [-0.15, -0.1) is 0 Å². The van der Waals surface area contributed by atoms with Crippen molar-refractivity contribution in [3.05, 3.63) is 35.9 Å². The van der Waals surface area contributed by atoms with Gasteiger partial charge in [0.1, 0.15) is 5.60 Å². The highest BCUT2D eigenvalue weighted by Gasteiger charge is 2.36. The van der Waals surface area contributed by atoms with Crippen LogP contribution in [0.3, 0.4) is 0 Å². The molecule has 2 rings (SSSR count). The smallest absolute Gasteiger partial charge is 0.252 e. The maximum absolute atomic E-state index is 11.9. The lowest BCUT2D eigenvalue weighted by atomic mass is 9.91. The van der Waals surface area contributed by atoms with Crippen molar-refractivity contribution in [3.8, 4) is 0 Å². The van der Waals surface area contributed by atoms with Crippen LogP contribution in [-0.2, 0) is 11.3 Å². The van der Waals surface area contributed by atoms with Crippen molar-refractivity contribution < 1.29 is 9.90 Å². The summed E-state index contributed by atoms with van der Waals surface area (Å²) in [7, 11) is 0. The predicted molar refractivity (Wildman–Crippen MR) is 65.3 cm³/mol. The molecule has 1 aromatic carbocycles. The summed E-state index contributed by atoms with van der Waals surface area (Å²) in [6, 6.07) is 9.70. The van der Waals surface area contributed by atoms with Gasteiger partial charge in [-0.3, -0.25) is 4.79 Å². The van der Waals surface area contributed by atoms with E-state index in [9.17, 15) is 9.90 Å². The van der Waals surface area contributed by atoms with Crippen LogP contribution >= 0.6 is 0 Å². The van der Waals surface area contributed by atoms with Crippen LogP contribution in [0.15, 0.2) is 30.3 Å². The molecule has 0 unspecified atom stereocenters. The largest absolute Gasteiger partial charge is 0.380 e. The van der Waals surface area contributed by atoms with E-state index in [-0.39, 0.29) is 5.91 Å². The van der Waals surface area contributed by atoms with Gasteiger partial charge in [-0.25, -0.2) is 0 Å². The van der Waals surface area contributed by atoms with Gasteiger partial charge in [0, 0.05) is 6.54 Å². The predicted octanol–water partition coefficient (Wildman–Crippen LogP) is 0.417. The quantitative estimate of drug-likeness (QED) is 0.710. The number of hydrogen-bond acceptors (Lipinski definition) is 3. The van der Waals surface area contributed by atoms with Gasteiger partial charge in [0.25, 0.3) is 5.91 Å². The fourth-order valence-corrected chi connectivity index (χ4v) is 2.01. The molecule has 0 radical (unpaired) electrons. The lowest BCUT2D eigenvalue weighted by molar-refractivity contribution is -0.142. The molecular weight excluding hydrogens is 216 g/mol. The molecular formula is C13H18N2O2. The first-order valence-corrected chi connectivity index (χ1v) is 5.96. The Kier molecular flexibility index (Phi) is 3.76. The standard InChI is InChI=1S/C13H18N2O2/c16-12(13(17)6-8-14-9-7-13)15-10-11-4-2-1-3-5-11/h1-5,14,17H,6-10H2,(H,15,16). The average molecular weight is 234 g/mol. The van der Waals surface area contributed by atoms with Crippen LogP contribution in [0.5, 0.6) is 0 Å². The molecule has 0 aromatic heterocycles. The molecule has 1 fully saturated rings. The zero-order valence-electron chi connectivity index (χ0n) is 9.78. The number of rotatable bonds is 3. The fraction of sp³-hybridized carbons (Fsp3) is 0.462. The van der Waals surface area contributed by atoms with Crippen LogP contribution in [0.4, 0.5) is 0 Å². The van der Waals surface area contributed by atoms with E-state index in [1.54, 1.807) is 0 Å². The van der Waals surface area contributed by atoms with E-state index in [0.717, 1.165) is 5.56 Å². The molecule has 4 heteroatoms. The van der Waals surface area contributed by atoms with Gasteiger partial charge in [0.15, 0.2) is 0 Å². The second-order valence-corrected chi connectivity index (χ2v) is 4.45. The van der Waals surface area contributed by atoms with E-state index in [0.29, 0.717) is 32.5 Å². The van der Waals surface area contributed by atoms with Gasteiger partial charge in [-0.2, -0.15) is 0 Å². The number of nitrogens with one attached hydrogen (secondary N) is 2. The summed E-state index contributed by atoms with van der Waals surface area (Å²) in [5.74, 6) is -0.261. The lowest BCUT2D eigenvalue weighted by Gasteiger charge is -2.31. The minimum absolute atomic E-state index is 0.261. The van der Waals surface area contributed by atoms with Gasteiger partial charge in [-0.1, -0.05) is 30.3 Å². The number of benzene rings is 1. The Morgan fingerprint density at radius 1 is 1.29 bits per heavy atom. The molecule has 1 heterocycles. The highest BCUT2D eigenvalue weighted by Crippen LogP contribution is 2.18. The van der Waals surface area contributed by atoms with Crippen LogP contribution in [0.25, 0.3) is 0 Å². The summed E-state index contributed by atoms with van der Waals surface area (Å²) < 4.78 is 0. The van der Waals surface area contributed by atoms with E-state index in [1.165, 1.54) is 0 Å². The average Bonchev–Trinajstić information content (AvgIpc) is 2.38. The van der Waals surface area contributed by atoms with Crippen LogP contribution in [-0.4, -0.2) is 29.7 Å². The molecule has 4 nitrogen and oxygen atoms in total. The van der Waals surface area contributed by atoms with Crippen molar-refractivity contribution in [2.24, 2.45) is 0 Å². The van der Waals surface area contributed by atoms with Crippen molar-refractivity contribution in [2.75, 3.05) is 13.1 Å². The number of aliphatic hydroxyl groups is 1. The number of hydrogen-bond donors (Lipinski definition) is 3. The summed E-state index contributed by atoms with van der Waals surface area (Å²) in [6.07, 6.45) is 0.960. The summed E-state index contributed by atoms with van der Waals surface area (Å²) in [5.41, 5.74) is -0.154. The van der Waals surface area contributed by atoms with Crippen molar-refractivity contribution >= 4 is 5.91 Å². The van der Waals surface area contributed by atoms with Gasteiger partial charge in [0.05, 0.1) is 0 Å². The van der Waals surface area contributed by atoms with Crippen molar-refractivity contribution in [1.82, 2.24) is 10.6 Å². The van der Waals surface area contributed by atoms with Crippen LogP contribution in [0, 0.1) is 0 Å².